The number of nitrogens with zero attached hydrogens (tertiary/aromatic N) is 2. The first kappa shape index (κ1) is 10.3. The lowest BCUT2D eigenvalue weighted by molar-refractivity contribution is 0.668. The number of pyridine rings is 1. The Morgan fingerprint density at radius 3 is 2.93 bits per heavy atom. The van der Waals surface area contributed by atoms with Crippen molar-refractivity contribution in [1.29, 1.82) is 0 Å². The molecule has 15 heavy (non-hydrogen) atoms. The largest absolute Gasteiger partial charge is 0.308 e. The molecular weight excluding hydrogens is 206 g/mol. The number of aromatic nitrogens is 2. The fourth-order valence-electron chi connectivity index (χ4n) is 1.61. The van der Waals surface area contributed by atoms with Gasteiger partial charge in [0.2, 0.25) is 0 Å². The number of aryl methyl sites for hydroxylation is 1. The van der Waals surface area contributed by atoms with E-state index in [0.29, 0.717) is 0 Å². The van der Waals surface area contributed by atoms with Crippen molar-refractivity contribution in [3.8, 4) is 0 Å². The van der Waals surface area contributed by atoms with Crippen molar-refractivity contribution in [1.82, 2.24) is 15.3 Å². The first-order chi connectivity index (χ1) is 7.33. The summed E-state index contributed by atoms with van der Waals surface area (Å²) in [6.07, 6.45) is 3.71. The van der Waals surface area contributed by atoms with E-state index in [4.69, 9.17) is 0 Å². The second-order valence-corrected chi connectivity index (χ2v) is 4.09. The van der Waals surface area contributed by atoms with Gasteiger partial charge in [-0.2, -0.15) is 0 Å². The maximum absolute atomic E-state index is 4.33. The number of nitrogens with one attached hydrogen (secondary N) is 1. The number of rotatable bonds is 3. The van der Waals surface area contributed by atoms with Crippen LogP contribution in [0.1, 0.15) is 22.9 Å². The third-order valence-electron chi connectivity index (χ3n) is 2.43. The summed E-state index contributed by atoms with van der Waals surface area (Å²) in [4.78, 5) is 8.49. The Balaban J connectivity index is 2.40. The van der Waals surface area contributed by atoms with E-state index < -0.39 is 0 Å². The van der Waals surface area contributed by atoms with Crippen LogP contribution in [0.3, 0.4) is 0 Å². The van der Waals surface area contributed by atoms with Crippen molar-refractivity contribution in [3.05, 3.63) is 46.2 Å². The molecule has 0 aliphatic carbocycles. The van der Waals surface area contributed by atoms with Crippen LogP contribution in [-0.2, 0) is 0 Å². The van der Waals surface area contributed by atoms with E-state index in [1.54, 1.807) is 11.3 Å². The van der Waals surface area contributed by atoms with E-state index in [1.807, 2.05) is 31.0 Å². The summed E-state index contributed by atoms with van der Waals surface area (Å²) in [6, 6.07) is 2.16. The van der Waals surface area contributed by atoms with Crippen LogP contribution in [0.5, 0.6) is 0 Å². The van der Waals surface area contributed by atoms with Crippen LogP contribution in [0.2, 0.25) is 0 Å². The second kappa shape index (κ2) is 4.51. The van der Waals surface area contributed by atoms with Gasteiger partial charge in [-0.15, -0.1) is 11.3 Å². The predicted molar refractivity (Wildman–Crippen MR) is 62.0 cm³/mol. The molecule has 4 heteroatoms. The molecular formula is C11H13N3S. The molecule has 0 aliphatic rings. The number of thiazole rings is 1. The molecule has 0 fully saturated rings. The molecule has 2 aromatic rings. The Hall–Kier alpha value is -1.26. The Kier molecular flexibility index (Phi) is 3.08. The van der Waals surface area contributed by atoms with Gasteiger partial charge < -0.3 is 5.32 Å². The summed E-state index contributed by atoms with van der Waals surface area (Å²) < 4.78 is 0. The monoisotopic (exact) mass is 219 g/mol. The molecule has 0 bridgehead atoms. The van der Waals surface area contributed by atoms with Gasteiger partial charge in [0.25, 0.3) is 0 Å². The molecule has 0 aromatic carbocycles. The zero-order valence-electron chi connectivity index (χ0n) is 8.77. The lowest BCUT2D eigenvalue weighted by atomic mass is 10.0. The summed E-state index contributed by atoms with van der Waals surface area (Å²) in [5, 5.41) is 5.33. The summed E-state index contributed by atoms with van der Waals surface area (Å²) in [6.45, 7) is 2.09. The maximum Gasteiger partial charge on any atom is 0.0795 e. The predicted octanol–water partition coefficient (Wildman–Crippen LogP) is 2.16. The van der Waals surface area contributed by atoms with Gasteiger partial charge in [-0.05, 0) is 31.2 Å². The fraction of sp³-hybridized carbons (Fsp3) is 0.273. The zero-order valence-corrected chi connectivity index (χ0v) is 9.58. The van der Waals surface area contributed by atoms with Gasteiger partial charge in [-0.1, -0.05) is 0 Å². The smallest absolute Gasteiger partial charge is 0.0795 e. The number of hydrogen-bond donors (Lipinski definition) is 1. The van der Waals surface area contributed by atoms with Gasteiger partial charge in [0.05, 0.1) is 17.2 Å². The highest BCUT2D eigenvalue weighted by molar-refractivity contribution is 7.07. The van der Waals surface area contributed by atoms with E-state index in [2.05, 4.69) is 27.6 Å². The highest BCUT2D eigenvalue weighted by atomic mass is 32.1. The second-order valence-electron chi connectivity index (χ2n) is 3.37. The van der Waals surface area contributed by atoms with Gasteiger partial charge in [0, 0.05) is 17.8 Å². The normalized spacial score (nSPS) is 12.7. The first-order valence-electron chi connectivity index (χ1n) is 4.78. The molecule has 0 saturated heterocycles. The van der Waals surface area contributed by atoms with Gasteiger partial charge in [-0.25, -0.2) is 4.98 Å². The molecule has 0 spiro atoms. The minimum Gasteiger partial charge on any atom is -0.308 e. The minimum atomic E-state index is 0.143. The van der Waals surface area contributed by atoms with E-state index in [0.717, 1.165) is 5.69 Å². The molecule has 1 N–H and O–H groups in total. The molecule has 0 radical (unpaired) electrons. The molecule has 2 rings (SSSR count). The Morgan fingerprint density at radius 2 is 2.33 bits per heavy atom. The van der Waals surface area contributed by atoms with Crippen LogP contribution < -0.4 is 5.32 Å². The van der Waals surface area contributed by atoms with Crippen molar-refractivity contribution in [2.45, 2.75) is 13.0 Å². The third-order valence-corrected chi connectivity index (χ3v) is 3.03. The summed E-state index contributed by atoms with van der Waals surface area (Å²) in [5.41, 5.74) is 5.33. The molecule has 0 saturated carbocycles. The van der Waals surface area contributed by atoms with Gasteiger partial charge in [-0.3, -0.25) is 4.98 Å². The van der Waals surface area contributed by atoms with Crippen LogP contribution >= 0.6 is 11.3 Å². The van der Waals surface area contributed by atoms with Crippen molar-refractivity contribution >= 4 is 11.3 Å². The Labute approximate surface area is 93.2 Å². The van der Waals surface area contributed by atoms with Crippen molar-refractivity contribution in [2.75, 3.05) is 7.05 Å². The fourth-order valence-corrected chi connectivity index (χ4v) is 2.19. The molecule has 0 aliphatic heterocycles. The molecule has 0 amide bonds. The van der Waals surface area contributed by atoms with Crippen LogP contribution in [0.25, 0.3) is 0 Å². The molecule has 78 valence electrons. The summed E-state index contributed by atoms with van der Waals surface area (Å²) >= 11 is 1.61. The highest BCUT2D eigenvalue weighted by Crippen LogP contribution is 2.23. The lowest BCUT2D eigenvalue weighted by Crippen LogP contribution is -2.19. The third kappa shape index (κ3) is 2.06. The van der Waals surface area contributed by atoms with E-state index in [9.17, 15) is 0 Å². The quantitative estimate of drug-likeness (QED) is 0.859. The average Bonchev–Trinajstić information content (AvgIpc) is 2.75. The van der Waals surface area contributed by atoms with Crippen LogP contribution in [0, 0.1) is 6.92 Å². The van der Waals surface area contributed by atoms with Gasteiger partial charge >= 0.3 is 0 Å². The average molecular weight is 219 g/mol. The van der Waals surface area contributed by atoms with Crippen LogP contribution in [-0.4, -0.2) is 17.0 Å². The Bertz CT molecular complexity index is 425. The molecule has 1 atom stereocenters. The summed E-state index contributed by atoms with van der Waals surface area (Å²) in [7, 11) is 1.94. The standard InChI is InChI=1S/C11H13N3S/c1-8-3-4-13-5-9(8)11(12-2)10-6-15-7-14-10/h3-7,11-12H,1-2H3. The number of hydrogen-bond acceptors (Lipinski definition) is 4. The van der Waals surface area contributed by atoms with Crippen LogP contribution in [0.4, 0.5) is 0 Å². The van der Waals surface area contributed by atoms with Crippen molar-refractivity contribution in [3.63, 3.8) is 0 Å². The zero-order chi connectivity index (χ0) is 10.7. The van der Waals surface area contributed by atoms with Gasteiger partial charge in [0.1, 0.15) is 0 Å². The van der Waals surface area contributed by atoms with Gasteiger partial charge in [0.15, 0.2) is 0 Å². The first-order valence-corrected chi connectivity index (χ1v) is 5.73. The lowest BCUT2D eigenvalue weighted by Gasteiger charge is -2.15. The highest BCUT2D eigenvalue weighted by Gasteiger charge is 2.15. The minimum absolute atomic E-state index is 0.143. The maximum atomic E-state index is 4.33. The van der Waals surface area contributed by atoms with Crippen molar-refractivity contribution < 1.29 is 0 Å². The van der Waals surface area contributed by atoms with E-state index >= 15 is 0 Å². The molecule has 2 aromatic heterocycles. The summed E-state index contributed by atoms with van der Waals surface area (Å²) in [5.74, 6) is 0. The molecule has 1 unspecified atom stereocenters. The molecule has 3 nitrogen and oxygen atoms in total. The topological polar surface area (TPSA) is 37.8 Å². The van der Waals surface area contributed by atoms with E-state index in [-0.39, 0.29) is 6.04 Å². The Morgan fingerprint density at radius 1 is 1.47 bits per heavy atom. The molecule has 2 heterocycles. The van der Waals surface area contributed by atoms with E-state index in [1.165, 1.54) is 11.1 Å². The van der Waals surface area contributed by atoms with Crippen LogP contribution in [0.15, 0.2) is 29.4 Å². The van der Waals surface area contributed by atoms with Crippen molar-refractivity contribution in [2.24, 2.45) is 0 Å². The SMILES string of the molecule is CNC(c1cscn1)c1cnccc1C.